The Morgan fingerprint density at radius 2 is 1.57 bits per heavy atom. The lowest BCUT2D eigenvalue weighted by atomic mass is 10.0. The van der Waals surface area contributed by atoms with Crippen molar-refractivity contribution < 1.29 is 27.7 Å². The van der Waals surface area contributed by atoms with E-state index in [1.54, 1.807) is 38.1 Å². The summed E-state index contributed by atoms with van der Waals surface area (Å²) >= 11 is 12.5. The molecule has 0 heterocycles. The lowest BCUT2D eigenvalue weighted by Crippen LogP contribution is -2.54. The number of aryl methyl sites for hydroxylation is 1. The average molecular weight is 728 g/mol. The van der Waals surface area contributed by atoms with E-state index in [1.807, 2.05) is 30.3 Å². The second-order valence-electron chi connectivity index (χ2n) is 11.6. The van der Waals surface area contributed by atoms with Gasteiger partial charge in [-0.2, -0.15) is 0 Å². The molecule has 0 saturated carbocycles. The number of carbonyl (C=O) groups excluding carboxylic acids is 2. The topological polar surface area (TPSA) is 139 Å². The Kier molecular flexibility index (Phi) is 12.3. The van der Waals surface area contributed by atoms with Gasteiger partial charge in [-0.1, -0.05) is 71.7 Å². The molecule has 1 atom stereocenters. The number of nitro groups is 1. The van der Waals surface area contributed by atoms with Crippen molar-refractivity contribution >= 4 is 56.4 Å². The molecule has 1 N–H and O–H groups in total. The van der Waals surface area contributed by atoms with Gasteiger partial charge in [0.1, 0.15) is 18.3 Å². The molecule has 0 radical (unpaired) electrons. The maximum atomic E-state index is 14.6. The summed E-state index contributed by atoms with van der Waals surface area (Å²) in [6.07, 6.45) is 0.121. The molecule has 0 aliphatic rings. The van der Waals surface area contributed by atoms with E-state index < -0.39 is 49.9 Å². The highest BCUT2D eigenvalue weighted by Gasteiger charge is 2.36. The number of hydrogen-bond donors (Lipinski definition) is 1. The van der Waals surface area contributed by atoms with Gasteiger partial charge in [0.05, 0.1) is 22.6 Å². The molecule has 4 aromatic carbocycles. The molecule has 0 aliphatic heterocycles. The van der Waals surface area contributed by atoms with Crippen LogP contribution in [0.3, 0.4) is 0 Å². The Bertz CT molecular complexity index is 1920. The van der Waals surface area contributed by atoms with Crippen molar-refractivity contribution in [3.8, 4) is 5.75 Å². The summed E-state index contributed by atoms with van der Waals surface area (Å²) in [6.45, 7) is 4.19. The second kappa shape index (κ2) is 16.2. The van der Waals surface area contributed by atoms with Crippen molar-refractivity contribution in [2.45, 2.75) is 50.7 Å². The highest BCUT2D eigenvalue weighted by atomic mass is 35.5. The molecule has 0 unspecified atom stereocenters. The van der Waals surface area contributed by atoms with Gasteiger partial charge in [-0.15, -0.1) is 0 Å². The van der Waals surface area contributed by atoms with E-state index >= 15 is 0 Å². The number of amides is 2. The molecule has 14 heteroatoms. The van der Waals surface area contributed by atoms with Gasteiger partial charge in [0.2, 0.25) is 11.8 Å². The Morgan fingerprint density at radius 1 is 0.918 bits per heavy atom. The molecule has 49 heavy (non-hydrogen) atoms. The Labute approximate surface area is 295 Å². The SMILES string of the molecule is COc1ccc(Cl)cc1N(CC(=O)N(Cc1ccc(Cl)cc1)[C@@H](Cc1ccccc1)C(=O)NC(C)C)S(=O)(=O)c1ccc(C)c([N+](=O)[O-])c1. The van der Waals surface area contributed by atoms with Gasteiger partial charge in [0.15, 0.2) is 0 Å². The highest BCUT2D eigenvalue weighted by molar-refractivity contribution is 7.92. The first-order chi connectivity index (χ1) is 23.2. The summed E-state index contributed by atoms with van der Waals surface area (Å²) in [5.74, 6) is -1.10. The number of sulfonamides is 1. The summed E-state index contributed by atoms with van der Waals surface area (Å²) in [7, 11) is -3.35. The standard InChI is InChI=1S/C35H36Cl2N4O7S/c1-23(2)38-35(43)32(18-25-8-6-5-7-9-25)39(21-26-11-13-27(36)14-12-26)34(42)22-40(31-19-28(37)15-17-33(31)48-4)49(46,47)29-16-10-24(3)30(20-29)41(44)45/h5-17,19-20,23,32H,18,21-22H2,1-4H3,(H,38,43)/t32-/m0/s1. The average Bonchev–Trinajstić information content (AvgIpc) is 3.06. The first kappa shape index (κ1) is 37.2. The molecular weight excluding hydrogens is 691 g/mol. The number of hydrogen-bond acceptors (Lipinski definition) is 7. The zero-order valence-electron chi connectivity index (χ0n) is 27.3. The monoisotopic (exact) mass is 726 g/mol. The third kappa shape index (κ3) is 9.28. The third-order valence-electron chi connectivity index (χ3n) is 7.62. The van der Waals surface area contributed by atoms with Crippen molar-refractivity contribution in [3.05, 3.63) is 128 Å². The molecular formula is C35H36Cl2N4O7S. The lowest BCUT2D eigenvalue weighted by Gasteiger charge is -2.34. The first-order valence-electron chi connectivity index (χ1n) is 15.2. The molecule has 4 rings (SSSR count). The number of rotatable bonds is 14. The van der Waals surface area contributed by atoms with Gasteiger partial charge in [-0.25, -0.2) is 8.42 Å². The highest BCUT2D eigenvalue weighted by Crippen LogP contribution is 2.36. The summed E-state index contributed by atoms with van der Waals surface area (Å²) < 4.78 is 35.1. The van der Waals surface area contributed by atoms with Crippen molar-refractivity contribution in [3.63, 3.8) is 0 Å². The number of halogens is 2. The third-order valence-corrected chi connectivity index (χ3v) is 9.86. The fraction of sp³-hybridized carbons (Fsp3) is 0.257. The zero-order valence-corrected chi connectivity index (χ0v) is 29.6. The largest absolute Gasteiger partial charge is 0.495 e. The van der Waals surface area contributed by atoms with E-state index in [-0.39, 0.29) is 41.0 Å². The van der Waals surface area contributed by atoms with Gasteiger partial charge in [-0.05, 0) is 68.3 Å². The van der Waals surface area contributed by atoms with Crippen molar-refractivity contribution in [2.75, 3.05) is 18.0 Å². The molecule has 4 aromatic rings. The van der Waals surface area contributed by atoms with Crippen LogP contribution in [0.25, 0.3) is 0 Å². The van der Waals surface area contributed by atoms with Crippen molar-refractivity contribution in [1.82, 2.24) is 10.2 Å². The van der Waals surface area contributed by atoms with Crippen LogP contribution in [-0.4, -0.2) is 55.8 Å². The summed E-state index contributed by atoms with van der Waals surface area (Å²) in [4.78, 5) is 40.5. The normalized spacial score (nSPS) is 11.9. The van der Waals surface area contributed by atoms with Crippen LogP contribution in [-0.2, 0) is 32.6 Å². The number of methoxy groups -OCH3 is 1. The van der Waals surface area contributed by atoms with E-state index in [1.165, 1.54) is 49.3 Å². The van der Waals surface area contributed by atoms with Crippen LogP contribution in [0.5, 0.6) is 5.75 Å². The fourth-order valence-corrected chi connectivity index (χ4v) is 6.90. The number of ether oxygens (including phenoxy) is 1. The molecule has 0 spiro atoms. The van der Waals surface area contributed by atoms with Crippen LogP contribution in [0.1, 0.15) is 30.5 Å². The van der Waals surface area contributed by atoms with E-state index in [0.29, 0.717) is 10.6 Å². The van der Waals surface area contributed by atoms with Crippen LogP contribution < -0.4 is 14.4 Å². The molecule has 0 aliphatic carbocycles. The van der Waals surface area contributed by atoms with Crippen LogP contribution in [0, 0.1) is 17.0 Å². The summed E-state index contributed by atoms with van der Waals surface area (Å²) in [6, 6.07) is 22.3. The Balaban J connectivity index is 1.89. The van der Waals surface area contributed by atoms with Crippen LogP contribution >= 0.6 is 23.2 Å². The number of anilines is 1. The molecule has 2 amide bonds. The van der Waals surface area contributed by atoms with Gasteiger partial charge in [0.25, 0.3) is 15.7 Å². The Hall–Kier alpha value is -4.65. The quantitative estimate of drug-likeness (QED) is 0.114. The Morgan fingerprint density at radius 3 is 2.18 bits per heavy atom. The molecule has 0 aromatic heterocycles. The van der Waals surface area contributed by atoms with Crippen molar-refractivity contribution in [1.29, 1.82) is 0 Å². The minimum atomic E-state index is -4.68. The molecule has 0 fully saturated rings. The summed E-state index contributed by atoms with van der Waals surface area (Å²) in [5.41, 5.74) is 1.17. The first-order valence-corrected chi connectivity index (χ1v) is 17.4. The van der Waals surface area contributed by atoms with E-state index in [0.717, 1.165) is 15.9 Å². The minimum absolute atomic E-state index is 0.0738. The number of nitrogens with zero attached hydrogens (tertiary/aromatic N) is 3. The predicted molar refractivity (Wildman–Crippen MR) is 190 cm³/mol. The second-order valence-corrected chi connectivity index (χ2v) is 14.3. The van der Waals surface area contributed by atoms with Gasteiger partial charge in [-0.3, -0.25) is 24.0 Å². The molecule has 11 nitrogen and oxygen atoms in total. The van der Waals surface area contributed by atoms with E-state index in [9.17, 15) is 28.1 Å². The van der Waals surface area contributed by atoms with Gasteiger partial charge < -0.3 is 15.0 Å². The van der Waals surface area contributed by atoms with Gasteiger partial charge >= 0.3 is 0 Å². The number of nitrogens with one attached hydrogen (secondary N) is 1. The van der Waals surface area contributed by atoms with E-state index in [2.05, 4.69) is 5.32 Å². The molecule has 258 valence electrons. The van der Waals surface area contributed by atoms with E-state index in [4.69, 9.17) is 27.9 Å². The molecule has 0 saturated heterocycles. The molecule has 0 bridgehead atoms. The zero-order chi connectivity index (χ0) is 35.9. The minimum Gasteiger partial charge on any atom is -0.495 e. The number of carbonyl (C=O) groups is 2. The smallest absolute Gasteiger partial charge is 0.273 e. The number of nitro benzene ring substituents is 1. The number of benzene rings is 4. The van der Waals surface area contributed by atoms with Crippen LogP contribution in [0.15, 0.2) is 95.9 Å². The predicted octanol–water partition coefficient (Wildman–Crippen LogP) is 6.58. The maximum absolute atomic E-state index is 14.6. The maximum Gasteiger partial charge on any atom is 0.273 e. The van der Waals surface area contributed by atoms with Gasteiger partial charge in [0, 0.05) is 40.7 Å². The van der Waals surface area contributed by atoms with Crippen LogP contribution in [0.4, 0.5) is 11.4 Å². The summed E-state index contributed by atoms with van der Waals surface area (Å²) in [5, 5.41) is 15.3. The van der Waals surface area contributed by atoms with Crippen molar-refractivity contribution in [2.24, 2.45) is 0 Å². The lowest BCUT2D eigenvalue weighted by molar-refractivity contribution is -0.385. The van der Waals surface area contributed by atoms with Crippen LogP contribution in [0.2, 0.25) is 10.0 Å². The fourth-order valence-electron chi connectivity index (χ4n) is 5.17.